The summed E-state index contributed by atoms with van der Waals surface area (Å²) in [6, 6.07) is 15.2. The minimum Gasteiger partial charge on any atom is -0.493 e. The van der Waals surface area contributed by atoms with Crippen LogP contribution >= 0.6 is 0 Å². The van der Waals surface area contributed by atoms with Gasteiger partial charge in [0.25, 0.3) is 0 Å². The van der Waals surface area contributed by atoms with Crippen LogP contribution < -0.4 is 19.7 Å². The molecule has 0 aromatic heterocycles. The van der Waals surface area contributed by atoms with Gasteiger partial charge in [-0.3, -0.25) is 9.59 Å². The Kier molecular flexibility index (Phi) is 5.96. The van der Waals surface area contributed by atoms with Crippen LogP contribution in [0.25, 0.3) is 0 Å². The summed E-state index contributed by atoms with van der Waals surface area (Å²) in [7, 11) is 3.19. The number of nitrogens with one attached hydrogen (secondary N) is 1. The summed E-state index contributed by atoms with van der Waals surface area (Å²) in [6.07, 6.45) is 0.923. The second-order valence-corrected chi connectivity index (χ2v) is 6.47. The topological polar surface area (TPSA) is 67.9 Å². The van der Waals surface area contributed by atoms with Gasteiger partial charge in [0.05, 0.1) is 20.1 Å². The van der Waals surface area contributed by atoms with Crippen LogP contribution in [0.2, 0.25) is 0 Å². The van der Waals surface area contributed by atoms with Crippen molar-refractivity contribution in [3.63, 3.8) is 0 Å². The highest BCUT2D eigenvalue weighted by atomic mass is 16.5. The predicted molar refractivity (Wildman–Crippen MR) is 103 cm³/mol. The van der Waals surface area contributed by atoms with Gasteiger partial charge in [0.15, 0.2) is 11.5 Å². The minimum atomic E-state index is -0.317. The van der Waals surface area contributed by atoms with E-state index in [0.717, 1.165) is 11.3 Å². The first-order valence-corrected chi connectivity index (χ1v) is 8.96. The third-order valence-corrected chi connectivity index (χ3v) is 4.72. The molecule has 27 heavy (non-hydrogen) atoms. The lowest BCUT2D eigenvalue weighted by atomic mass is 10.1. The molecule has 0 radical (unpaired) electrons. The summed E-state index contributed by atoms with van der Waals surface area (Å²) in [4.78, 5) is 26.4. The van der Waals surface area contributed by atoms with Crippen LogP contribution in [0.4, 0.5) is 5.69 Å². The number of benzene rings is 2. The molecule has 2 amide bonds. The molecule has 1 aliphatic heterocycles. The molecule has 0 bridgehead atoms. The number of hydrogen-bond donors (Lipinski definition) is 1. The number of carbonyl (C=O) groups is 2. The number of anilines is 1. The van der Waals surface area contributed by atoms with E-state index in [-0.39, 0.29) is 24.2 Å². The maximum atomic E-state index is 12.4. The molecule has 1 unspecified atom stereocenters. The fourth-order valence-corrected chi connectivity index (χ4v) is 3.25. The van der Waals surface area contributed by atoms with Crippen LogP contribution in [0.15, 0.2) is 48.5 Å². The molecule has 0 spiro atoms. The number of nitrogens with zero attached hydrogens (tertiary/aromatic N) is 1. The van der Waals surface area contributed by atoms with Crippen molar-refractivity contribution in [3.8, 4) is 11.5 Å². The zero-order valence-electron chi connectivity index (χ0n) is 15.6. The summed E-state index contributed by atoms with van der Waals surface area (Å²) < 4.78 is 10.5. The summed E-state index contributed by atoms with van der Waals surface area (Å²) in [6.45, 7) is 0.926. The Balaban J connectivity index is 1.52. The largest absolute Gasteiger partial charge is 0.493 e. The summed E-state index contributed by atoms with van der Waals surface area (Å²) in [5.74, 6) is 0.934. The van der Waals surface area contributed by atoms with Crippen molar-refractivity contribution in [2.45, 2.75) is 12.8 Å². The van der Waals surface area contributed by atoms with E-state index in [4.69, 9.17) is 9.47 Å². The van der Waals surface area contributed by atoms with E-state index in [1.54, 1.807) is 19.1 Å². The van der Waals surface area contributed by atoms with E-state index >= 15 is 0 Å². The van der Waals surface area contributed by atoms with Gasteiger partial charge in [0.1, 0.15) is 0 Å². The Morgan fingerprint density at radius 3 is 2.56 bits per heavy atom. The maximum absolute atomic E-state index is 12.4. The van der Waals surface area contributed by atoms with Crippen LogP contribution in [-0.4, -0.2) is 39.1 Å². The van der Waals surface area contributed by atoms with E-state index in [0.29, 0.717) is 31.0 Å². The quantitative estimate of drug-likeness (QED) is 0.815. The van der Waals surface area contributed by atoms with Gasteiger partial charge in [-0.15, -0.1) is 0 Å². The predicted octanol–water partition coefficient (Wildman–Crippen LogP) is 2.42. The van der Waals surface area contributed by atoms with E-state index in [1.165, 1.54) is 0 Å². The molecule has 0 aliphatic carbocycles. The average Bonchev–Trinajstić information content (AvgIpc) is 3.10. The van der Waals surface area contributed by atoms with Crippen molar-refractivity contribution in [1.29, 1.82) is 0 Å². The van der Waals surface area contributed by atoms with Gasteiger partial charge in [0.2, 0.25) is 11.8 Å². The average molecular weight is 368 g/mol. The molecule has 1 saturated heterocycles. The molecule has 2 aromatic carbocycles. The Morgan fingerprint density at radius 1 is 1.11 bits per heavy atom. The highest BCUT2D eigenvalue weighted by molar-refractivity contribution is 6.00. The van der Waals surface area contributed by atoms with E-state index < -0.39 is 0 Å². The lowest BCUT2D eigenvalue weighted by Crippen LogP contribution is -2.34. The lowest BCUT2D eigenvalue weighted by molar-refractivity contribution is -0.126. The standard InChI is InChI=1S/C21H24N2O4/c1-26-18-9-8-15(12-19(18)27-2)10-11-22-21(25)16-13-20(24)23(14-16)17-6-4-3-5-7-17/h3-9,12,16H,10-11,13-14H2,1-2H3,(H,22,25). The van der Waals surface area contributed by atoms with Gasteiger partial charge in [-0.1, -0.05) is 24.3 Å². The molecule has 6 heteroatoms. The fourth-order valence-electron chi connectivity index (χ4n) is 3.25. The zero-order chi connectivity index (χ0) is 19.2. The van der Waals surface area contributed by atoms with Crippen LogP contribution in [-0.2, 0) is 16.0 Å². The Labute approximate surface area is 159 Å². The Bertz CT molecular complexity index is 807. The highest BCUT2D eigenvalue weighted by Crippen LogP contribution is 2.28. The van der Waals surface area contributed by atoms with Crippen molar-refractivity contribution >= 4 is 17.5 Å². The van der Waals surface area contributed by atoms with Crippen LogP contribution in [0.3, 0.4) is 0 Å². The summed E-state index contributed by atoms with van der Waals surface area (Å²) >= 11 is 0. The van der Waals surface area contributed by atoms with E-state index in [9.17, 15) is 9.59 Å². The summed E-state index contributed by atoms with van der Waals surface area (Å²) in [5.41, 5.74) is 1.88. The first-order valence-electron chi connectivity index (χ1n) is 8.96. The number of hydrogen-bond acceptors (Lipinski definition) is 4. The van der Waals surface area contributed by atoms with Gasteiger partial charge in [-0.25, -0.2) is 0 Å². The third-order valence-electron chi connectivity index (χ3n) is 4.72. The molecule has 3 rings (SSSR count). The van der Waals surface area contributed by atoms with Crippen molar-refractivity contribution in [1.82, 2.24) is 5.32 Å². The van der Waals surface area contributed by atoms with Gasteiger partial charge in [-0.05, 0) is 36.2 Å². The van der Waals surface area contributed by atoms with Gasteiger partial charge < -0.3 is 19.7 Å². The molecule has 1 aliphatic rings. The van der Waals surface area contributed by atoms with Crippen molar-refractivity contribution in [2.75, 3.05) is 32.2 Å². The second kappa shape index (κ2) is 8.58. The molecule has 0 saturated carbocycles. The number of rotatable bonds is 7. The number of para-hydroxylation sites is 1. The zero-order valence-corrected chi connectivity index (χ0v) is 15.6. The lowest BCUT2D eigenvalue weighted by Gasteiger charge is -2.16. The van der Waals surface area contributed by atoms with Crippen LogP contribution in [0, 0.1) is 5.92 Å². The van der Waals surface area contributed by atoms with Crippen molar-refractivity contribution in [2.24, 2.45) is 5.92 Å². The number of carbonyl (C=O) groups excluding carboxylic acids is 2. The van der Waals surface area contributed by atoms with Gasteiger partial charge in [0, 0.05) is 25.2 Å². The van der Waals surface area contributed by atoms with E-state index in [2.05, 4.69) is 5.32 Å². The molecule has 2 aromatic rings. The Hall–Kier alpha value is -3.02. The molecule has 1 heterocycles. The van der Waals surface area contributed by atoms with Gasteiger partial charge >= 0.3 is 0 Å². The molecule has 6 nitrogen and oxygen atoms in total. The molecule has 1 N–H and O–H groups in total. The van der Waals surface area contributed by atoms with Gasteiger partial charge in [-0.2, -0.15) is 0 Å². The fraction of sp³-hybridized carbons (Fsp3) is 0.333. The number of methoxy groups -OCH3 is 2. The smallest absolute Gasteiger partial charge is 0.227 e. The summed E-state index contributed by atoms with van der Waals surface area (Å²) in [5, 5.41) is 2.94. The second-order valence-electron chi connectivity index (χ2n) is 6.47. The molecular formula is C21H24N2O4. The normalized spacial score (nSPS) is 16.3. The maximum Gasteiger partial charge on any atom is 0.227 e. The molecule has 1 atom stereocenters. The first kappa shape index (κ1) is 18.8. The molecule has 142 valence electrons. The number of ether oxygens (including phenoxy) is 2. The highest BCUT2D eigenvalue weighted by Gasteiger charge is 2.34. The van der Waals surface area contributed by atoms with Crippen molar-refractivity contribution in [3.05, 3.63) is 54.1 Å². The minimum absolute atomic E-state index is 0.0127. The Morgan fingerprint density at radius 2 is 1.85 bits per heavy atom. The first-order chi connectivity index (χ1) is 13.1. The number of amides is 2. The SMILES string of the molecule is COc1ccc(CCNC(=O)C2CC(=O)N(c3ccccc3)C2)cc1OC. The third kappa shape index (κ3) is 4.39. The van der Waals surface area contributed by atoms with Crippen molar-refractivity contribution < 1.29 is 19.1 Å². The van der Waals surface area contributed by atoms with Crippen LogP contribution in [0.5, 0.6) is 11.5 Å². The molecule has 1 fully saturated rings. The van der Waals surface area contributed by atoms with E-state index in [1.807, 2.05) is 48.5 Å². The molecular weight excluding hydrogens is 344 g/mol. The van der Waals surface area contributed by atoms with Crippen LogP contribution in [0.1, 0.15) is 12.0 Å². The monoisotopic (exact) mass is 368 g/mol.